The molecule has 0 spiro atoms. The molecule has 4 aliphatic heterocycles. The highest BCUT2D eigenvalue weighted by Gasteiger charge is 2.51. The Balaban J connectivity index is 1.78. The van der Waals surface area contributed by atoms with Gasteiger partial charge in [0.25, 0.3) is 5.69 Å². The van der Waals surface area contributed by atoms with Crippen molar-refractivity contribution in [2.24, 2.45) is 11.0 Å². The van der Waals surface area contributed by atoms with E-state index in [-0.39, 0.29) is 28.6 Å². The fraction of sp³-hybridized carbons (Fsp3) is 0.529. The summed E-state index contributed by atoms with van der Waals surface area (Å²) in [7, 11) is 0. The van der Waals surface area contributed by atoms with Crippen molar-refractivity contribution in [3.05, 3.63) is 39.9 Å². The molecule has 4 aliphatic rings. The van der Waals surface area contributed by atoms with Crippen molar-refractivity contribution in [2.75, 3.05) is 13.1 Å². The fourth-order valence-corrected chi connectivity index (χ4v) is 4.24. The highest BCUT2D eigenvalue weighted by molar-refractivity contribution is 5.97. The predicted octanol–water partition coefficient (Wildman–Crippen LogP) is 2.34. The standard InChI is InChI=1S/C17H20N4O3/c1-2-14(22)20-16(12-4-3-5-13(10-12)21(23)24)17-15(18-20)11-6-8-19(17)9-7-11/h3-5,10-11,16-17H,2,6-9H2,1H3/t16-,17-/m1/s1. The summed E-state index contributed by atoms with van der Waals surface area (Å²) in [5.41, 5.74) is 1.94. The van der Waals surface area contributed by atoms with Crippen molar-refractivity contribution in [1.29, 1.82) is 0 Å². The monoisotopic (exact) mass is 328 g/mol. The molecule has 0 N–H and O–H groups in total. The van der Waals surface area contributed by atoms with Gasteiger partial charge in [0.05, 0.1) is 16.7 Å². The number of hydrazone groups is 1. The molecule has 0 unspecified atom stereocenters. The maximum Gasteiger partial charge on any atom is 0.269 e. The highest BCUT2D eigenvalue weighted by atomic mass is 16.6. The van der Waals surface area contributed by atoms with Gasteiger partial charge in [-0.15, -0.1) is 0 Å². The van der Waals surface area contributed by atoms with E-state index in [0.717, 1.165) is 37.2 Å². The van der Waals surface area contributed by atoms with Crippen LogP contribution >= 0.6 is 0 Å². The first-order valence-corrected chi connectivity index (χ1v) is 8.49. The van der Waals surface area contributed by atoms with Gasteiger partial charge >= 0.3 is 0 Å². The Kier molecular flexibility index (Phi) is 3.60. The maximum absolute atomic E-state index is 12.5. The number of carbonyl (C=O) groups is 1. The number of non-ortho nitro benzene ring substituents is 1. The largest absolute Gasteiger partial charge is 0.293 e. The third kappa shape index (κ3) is 2.23. The summed E-state index contributed by atoms with van der Waals surface area (Å²) >= 11 is 0. The van der Waals surface area contributed by atoms with Crippen molar-refractivity contribution in [1.82, 2.24) is 9.91 Å². The van der Waals surface area contributed by atoms with Gasteiger partial charge in [0.1, 0.15) is 6.04 Å². The molecule has 0 aliphatic carbocycles. The zero-order valence-electron chi connectivity index (χ0n) is 13.6. The molecule has 3 fully saturated rings. The van der Waals surface area contributed by atoms with E-state index >= 15 is 0 Å². The first-order valence-electron chi connectivity index (χ1n) is 8.49. The average Bonchev–Trinajstić information content (AvgIpc) is 3.04. The Morgan fingerprint density at radius 3 is 2.75 bits per heavy atom. The highest BCUT2D eigenvalue weighted by Crippen LogP contribution is 2.43. The normalized spacial score (nSPS) is 30.9. The molecule has 5 rings (SSSR count). The van der Waals surface area contributed by atoms with Gasteiger partial charge in [-0.05, 0) is 31.5 Å². The van der Waals surface area contributed by atoms with Crippen molar-refractivity contribution in [3.63, 3.8) is 0 Å². The van der Waals surface area contributed by atoms with Gasteiger partial charge in [0.15, 0.2) is 0 Å². The lowest BCUT2D eigenvalue weighted by molar-refractivity contribution is -0.385. The number of rotatable bonds is 3. The summed E-state index contributed by atoms with van der Waals surface area (Å²) in [5.74, 6) is 0.407. The molecule has 1 aromatic rings. The Bertz CT molecular complexity index is 724. The van der Waals surface area contributed by atoms with Crippen LogP contribution < -0.4 is 0 Å². The number of hydrogen-bond donors (Lipinski definition) is 0. The zero-order chi connectivity index (χ0) is 16.8. The van der Waals surface area contributed by atoms with Gasteiger partial charge < -0.3 is 0 Å². The van der Waals surface area contributed by atoms with Crippen LogP contribution in [0.3, 0.4) is 0 Å². The zero-order valence-corrected chi connectivity index (χ0v) is 13.6. The second-order valence-corrected chi connectivity index (χ2v) is 6.67. The second kappa shape index (κ2) is 5.66. The van der Waals surface area contributed by atoms with E-state index in [1.165, 1.54) is 6.07 Å². The molecule has 7 heteroatoms. The number of benzene rings is 1. The molecule has 1 amide bonds. The lowest BCUT2D eigenvalue weighted by atomic mass is 9.78. The van der Waals surface area contributed by atoms with Crippen LogP contribution in [-0.2, 0) is 4.79 Å². The van der Waals surface area contributed by atoms with E-state index in [2.05, 4.69) is 10.0 Å². The van der Waals surface area contributed by atoms with E-state index in [1.54, 1.807) is 17.1 Å². The van der Waals surface area contributed by atoms with Gasteiger partial charge in [-0.2, -0.15) is 5.10 Å². The SMILES string of the molecule is CCC(=O)N1N=C2C3CCN(CC3)[C@H]2[C@H]1c1cccc([N+](=O)[O-])c1. The molecular weight excluding hydrogens is 308 g/mol. The van der Waals surface area contributed by atoms with E-state index < -0.39 is 0 Å². The lowest BCUT2D eigenvalue weighted by Gasteiger charge is -2.46. The molecular formula is C17H20N4O3. The van der Waals surface area contributed by atoms with Crippen LogP contribution in [0, 0.1) is 16.0 Å². The summed E-state index contributed by atoms with van der Waals surface area (Å²) in [4.78, 5) is 25.6. The van der Waals surface area contributed by atoms with E-state index in [4.69, 9.17) is 0 Å². The Morgan fingerprint density at radius 2 is 2.08 bits per heavy atom. The molecule has 24 heavy (non-hydrogen) atoms. The maximum atomic E-state index is 12.5. The average molecular weight is 328 g/mol. The summed E-state index contributed by atoms with van der Waals surface area (Å²) < 4.78 is 0. The van der Waals surface area contributed by atoms with Crippen LogP contribution in [-0.4, -0.2) is 45.6 Å². The summed E-state index contributed by atoms with van der Waals surface area (Å²) in [6.07, 6.45) is 2.55. The van der Waals surface area contributed by atoms with Gasteiger partial charge in [0, 0.05) is 24.5 Å². The summed E-state index contributed by atoms with van der Waals surface area (Å²) in [6, 6.07) is 6.44. The van der Waals surface area contributed by atoms with Gasteiger partial charge in [-0.25, -0.2) is 5.01 Å². The third-order valence-electron chi connectivity index (χ3n) is 5.41. The predicted molar refractivity (Wildman–Crippen MR) is 88.5 cm³/mol. The molecule has 0 saturated carbocycles. The van der Waals surface area contributed by atoms with Crippen LogP contribution in [0.1, 0.15) is 37.8 Å². The fourth-order valence-electron chi connectivity index (χ4n) is 4.24. The number of nitro groups is 1. The van der Waals surface area contributed by atoms with Crippen LogP contribution in [0.5, 0.6) is 0 Å². The lowest BCUT2D eigenvalue weighted by Crippen LogP contribution is -2.56. The van der Waals surface area contributed by atoms with Crippen LogP contribution in [0.4, 0.5) is 5.69 Å². The van der Waals surface area contributed by atoms with Crippen LogP contribution in [0.2, 0.25) is 0 Å². The molecule has 0 aromatic heterocycles. The number of fused-ring (bicyclic) bond motifs is 2. The molecule has 3 saturated heterocycles. The van der Waals surface area contributed by atoms with E-state index in [1.807, 2.05) is 13.0 Å². The van der Waals surface area contributed by atoms with Crippen molar-refractivity contribution < 1.29 is 9.72 Å². The minimum atomic E-state index is -0.389. The number of amides is 1. The van der Waals surface area contributed by atoms with E-state index in [0.29, 0.717) is 12.3 Å². The topological polar surface area (TPSA) is 79.0 Å². The molecule has 4 heterocycles. The number of nitro benzene ring substituents is 1. The molecule has 7 nitrogen and oxygen atoms in total. The molecule has 2 bridgehead atoms. The number of nitrogens with zero attached hydrogens (tertiary/aromatic N) is 4. The van der Waals surface area contributed by atoms with Crippen LogP contribution in [0.15, 0.2) is 29.4 Å². The summed E-state index contributed by atoms with van der Waals surface area (Å²) in [6.45, 7) is 3.84. The van der Waals surface area contributed by atoms with Crippen LogP contribution in [0.25, 0.3) is 0 Å². The number of piperidine rings is 3. The number of carbonyl (C=O) groups excluding carboxylic acids is 1. The summed E-state index contributed by atoms with van der Waals surface area (Å²) in [5, 5.41) is 17.4. The Hall–Kier alpha value is -2.28. The Labute approximate surface area is 140 Å². The first-order chi connectivity index (χ1) is 11.6. The quantitative estimate of drug-likeness (QED) is 0.630. The third-order valence-corrected chi connectivity index (χ3v) is 5.41. The van der Waals surface area contributed by atoms with E-state index in [9.17, 15) is 14.9 Å². The number of hydrogen-bond acceptors (Lipinski definition) is 5. The van der Waals surface area contributed by atoms with Crippen molar-refractivity contribution >= 4 is 17.3 Å². The molecule has 0 radical (unpaired) electrons. The molecule has 1 aromatic carbocycles. The minimum Gasteiger partial charge on any atom is -0.293 e. The minimum absolute atomic E-state index is 0.0333. The molecule has 2 atom stereocenters. The van der Waals surface area contributed by atoms with Gasteiger partial charge in [0.2, 0.25) is 5.91 Å². The second-order valence-electron chi connectivity index (χ2n) is 6.67. The van der Waals surface area contributed by atoms with Gasteiger partial charge in [-0.3, -0.25) is 19.8 Å². The molecule has 126 valence electrons. The first kappa shape index (κ1) is 15.3. The van der Waals surface area contributed by atoms with Crippen molar-refractivity contribution in [2.45, 2.75) is 38.3 Å². The Morgan fingerprint density at radius 1 is 1.33 bits per heavy atom. The van der Waals surface area contributed by atoms with Gasteiger partial charge in [-0.1, -0.05) is 19.1 Å². The smallest absolute Gasteiger partial charge is 0.269 e. The van der Waals surface area contributed by atoms with Crippen molar-refractivity contribution in [3.8, 4) is 0 Å².